The van der Waals surface area contributed by atoms with E-state index in [4.69, 9.17) is 0 Å². The number of fused-ring (bicyclic) bond motifs is 1. The number of hydrogen-bond donors (Lipinski definition) is 2. The van der Waals surface area contributed by atoms with Gasteiger partial charge in [0.25, 0.3) is 5.16 Å². The van der Waals surface area contributed by atoms with Gasteiger partial charge in [0.1, 0.15) is 5.75 Å². The van der Waals surface area contributed by atoms with Gasteiger partial charge in [-0.05, 0) is 18.9 Å². The summed E-state index contributed by atoms with van der Waals surface area (Å²) in [7, 11) is -3.60. The Kier molecular flexibility index (Phi) is 4.57. The predicted molar refractivity (Wildman–Crippen MR) is 98.1 cm³/mol. The fraction of sp³-hybridized carbons (Fsp3) is 0.353. The molecule has 9 heteroatoms. The van der Waals surface area contributed by atoms with E-state index in [0.717, 1.165) is 11.8 Å². The van der Waals surface area contributed by atoms with Gasteiger partial charge in [0.2, 0.25) is 15.8 Å². The number of benzene rings is 1. The topological polar surface area (TPSA) is 109 Å². The molecule has 0 radical (unpaired) electrons. The number of para-hydroxylation sites is 1. The quantitative estimate of drug-likeness (QED) is 0.705. The molecule has 26 heavy (non-hydrogen) atoms. The first-order valence-electron chi connectivity index (χ1n) is 8.18. The zero-order chi connectivity index (χ0) is 19.1. The van der Waals surface area contributed by atoms with Crippen molar-refractivity contribution in [1.82, 2.24) is 19.6 Å². The largest absolute Gasteiger partial charge is 0.508 e. The van der Waals surface area contributed by atoms with Gasteiger partial charge >= 0.3 is 0 Å². The van der Waals surface area contributed by atoms with Gasteiger partial charge in [-0.3, -0.25) is 0 Å². The Hall–Kier alpha value is -2.68. The van der Waals surface area contributed by atoms with Crippen molar-refractivity contribution in [3.05, 3.63) is 41.6 Å². The van der Waals surface area contributed by atoms with Gasteiger partial charge in [-0.1, -0.05) is 32.0 Å². The molecule has 0 amide bonds. The number of phenols is 1. The zero-order valence-corrected chi connectivity index (χ0v) is 15.8. The number of aromatic nitrogens is 4. The van der Waals surface area contributed by atoms with Crippen LogP contribution in [0.1, 0.15) is 43.9 Å². The maximum absolute atomic E-state index is 12.0. The Morgan fingerprint density at radius 2 is 1.81 bits per heavy atom. The molecule has 8 nitrogen and oxygen atoms in total. The van der Waals surface area contributed by atoms with Gasteiger partial charge in [0, 0.05) is 17.4 Å². The minimum atomic E-state index is -3.60. The molecule has 3 rings (SSSR count). The summed E-state index contributed by atoms with van der Waals surface area (Å²) in [5.74, 6) is 0.515. The van der Waals surface area contributed by atoms with Crippen molar-refractivity contribution in [3.63, 3.8) is 0 Å². The Bertz CT molecular complexity index is 1060. The number of sulfone groups is 1. The fourth-order valence-electron chi connectivity index (χ4n) is 2.67. The van der Waals surface area contributed by atoms with Crippen LogP contribution in [-0.4, -0.2) is 39.4 Å². The molecule has 0 fully saturated rings. The van der Waals surface area contributed by atoms with E-state index in [9.17, 15) is 13.5 Å². The summed E-state index contributed by atoms with van der Waals surface area (Å²) < 4.78 is 25.5. The zero-order valence-electron chi connectivity index (χ0n) is 15.0. The lowest BCUT2D eigenvalue weighted by atomic mass is 10.1. The van der Waals surface area contributed by atoms with E-state index in [2.05, 4.69) is 20.4 Å². The minimum Gasteiger partial charge on any atom is -0.508 e. The van der Waals surface area contributed by atoms with Crippen molar-refractivity contribution in [2.24, 2.45) is 0 Å². The summed E-state index contributed by atoms with van der Waals surface area (Å²) in [6.07, 6.45) is 2.73. The Labute approximate surface area is 151 Å². The molecular formula is C17H21N5O3S. The molecule has 1 atom stereocenters. The molecule has 0 aliphatic rings. The van der Waals surface area contributed by atoms with Crippen molar-refractivity contribution in [2.75, 3.05) is 11.6 Å². The SMILES string of the molecule is CC(C)c1cnn2c(NC(C)c3ccccc3O)nc(S(C)(=O)=O)nc12. The molecular weight excluding hydrogens is 354 g/mol. The number of nitrogens with zero attached hydrogens (tertiary/aromatic N) is 4. The Morgan fingerprint density at radius 3 is 2.42 bits per heavy atom. The third kappa shape index (κ3) is 3.34. The number of aromatic hydroxyl groups is 1. The smallest absolute Gasteiger partial charge is 0.252 e. The van der Waals surface area contributed by atoms with E-state index in [1.54, 1.807) is 24.4 Å². The first-order valence-corrected chi connectivity index (χ1v) is 10.1. The van der Waals surface area contributed by atoms with Gasteiger partial charge in [0.15, 0.2) is 5.65 Å². The van der Waals surface area contributed by atoms with Crippen molar-refractivity contribution in [3.8, 4) is 5.75 Å². The highest BCUT2D eigenvalue weighted by Gasteiger charge is 2.21. The average molecular weight is 375 g/mol. The highest BCUT2D eigenvalue weighted by molar-refractivity contribution is 7.90. The van der Waals surface area contributed by atoms with Crippen molar-refractivity contribution >= 4 is 21.4 Å². The normalized spacial score (nSPS) is 13.3. The number of hydrogen-bond acceptors (Lipinski definition) is 7. The van der Waals surface area contributed by atoms with E-state index in [1.165, 1.54) is 4.52 Å². The summed E-state index contributed by atoms with van der Waals surface area (Å²) in [5, 5.41) is 17.2. The molecule has 2 N–H and O–H groups in total. The minimum absolute atomic E-state index is 0.123. The Balaban J connectivity index is 2.14. The lowest BCUT2D eigenvalue weighted by Gasteiger charge is -2.17. The van der Waals surface area contributed by atoms with Crippen LogP contribution >= 0.6 is 0 Å². The van der Waals surface area contributed by atoms with E-state index in [0.29, 0.717) is 11.2 Å². The number of anilines is 1. The lowest BCUT2D eigenvalue weighted by molar-refractivity contribution is 0.465. The average Bonchev–Trinajstić information content (AvgIpc) is 2.98. The molecule has 0 spiro atoms. The molecule has 2 heterocycles. The summed E-state index contributed by atoms with van der Waals surface area (Å²) in [6.45, 7) is 5.81. The molecule has 138 valence electrons. The van der Waals surface area contributed by atoms with Gasteiger partial charge in [-0.25, -0.2) is 8.42 Å². The van der Waals surface area contributed by atoms with E-state index in [1.807, 2.05) is 26.8 Å². The van der Waals surface area contributed by atoms with Crippen LogP contribution in [0.2, 0.25) is 0 Å². The van der Waals surface area contributed by atoms with Crippen LogP contribution in [0.4, 0.5) is 5.95 Å². The lowest BCUT2D eigenvalue weighted by Crippen LogP contribution is -2.16. The second-order valence-corrected chi connectivity index (χ2v) is 8.43. The third-order valence-corrected chi connectivity index (χ3v) is 4.92. The molecule has 0 saturated heterocycles. The number of nitrogens with one attached hydrogen (secondary N) is 1. The van der Waals surface area contributed by atoms with E-state index in [-0.39, 0.29) is 28.8 Å². The molecule has 3 aromatic rings. The van der Waals surface area contributed by atoms with Crippen molar-refractivity contribution in [2.45, 2.75) is 37.9 Å². The van der Waals surface area contributed by atoms with Crippen LogP contribution in [0.15, 0.2) is 35.6 Å². The number of phenolic OH excluding ortho intramolecular Hbond substituents is 1. The van der Waals surface area contributed by atoms with Crippen LogP contribution in [0.3, 0.4) is 0 Å². The number of rotatable bonds is 5. The van der Waals surface area contributed by atoms with Crippen LogP contribution in [0.25, 0.3) is 5.65 Å². The summed E-state index contributed by atoms with van der Waals surface area (Å²) >= 11 is 0. The second kappa shape index (κ2) is 6.56. The third-order valence-electron chi connectivity index (χ3n) is 4.08. The van der Waals surface area contributed by atoms with E-state index < -0.39 is 9.84 Å². The summed E-state index contributed by atoms with van der Waals surface area (Å²) in [4.78, 5) is 8.35. The maximum Gasteiger partial charge on any atom is 0.252 e. The highest BCUT2D eigenvalue weighted by atomic mass is 32.2. The second-order valence-electron chi connectivity index (χ2n) is 6.52. The van der Waals surface area contributed by atoms with Crippen LogP contribution in [0, 0.1) is 0 Å². The maximum atomic E-state index is 12.0. The molecule has 2 aromatic heterocycles. The summed E-state index contributed by atoms with van der Waals surface area (Å²) in [5.41, 5.74) is 1.94. The monoisotopic (exact) mass is 375 g/mol. The van der Waals surface area contributed by atoms with Crippen molar-refractivity contribution < 1.29 is 13.5 Å². The van der Waals surface area contributed by atoms with Gasteiger partial charge in [-0.2, -0.15) is 19.6 Å². The van der Waals surface area contributed by atoms with Gasteiger partial charge in [0.05, 0.1) is 12.2 Å². The van der Waals surface area contributed by atoms with Gasteiger partial charge in [-0.15, -0.1) is 0 Å². The predicted octanol–water partition coefficient (Wildman–Crippen LogP) is 2.53. The first-order chi connectivity index (χ1) is 12.2. The highest BCUT2D eigenvalue weighted by Crippen LogP contribution is 2.27. The van der Waals surface area contributed by atoms with Crippen LogP contribution < -0.4 is 5.32 Å². The molecule has 1 aromatic carbocycles. The standard InChI is InChI=1S/C17H21N5O3S/c1-10(2)13-9-18-22-15(13)20-17(26(4,24)25)21-16(22)19-11(3)12-7-5-6-8-14(12)23/h5-11,23H,1-4H3,(H,19,20,21). The molecule has 0 aliphatic carbocycles. The fourth-order valence-corrected chi connectivity index (χ4v) is 3.17. The molecule has 1 unspecified atom stereocenters. The van der Waals surface area contributed by atoms with Crippen LogP contribution in [-0.2, 0) is 9.84 Å². The van der Waals surface area contributed by atoms with Gasteiger partial charge < -0.3 is 10.4 Å². The first kappa shape index (κ1) is 18.1. The molecule has 0 saturated carbocycles. The molecule has 0 bridgehead atoms. The van der Waals surface area contributed by atoms with E-state index >= 15 is 0 Å². The summed E-state index contributed by atoms with van der Waals surface area (Å²) in [6, 6.07) is 6.60. The molecule has 0 aliphatic heterocycles. The van der Waals surface area contributed by atoms with Crippen LogP contribution in [0.5, 0.6) is 5.75 Å². The Morgan fingerprint density at radius 1 is 1.12 bits per heavy atom. The van der Waals surface area contributed by atoms with Crippen molar-refractivity contribution in [1.29, 1.82) is 0 Å².